The Kier molecular flexibility index (Phi) is 10.9. The highest BCUT2D eigenvalue weighted by Gasteiger charge is 2.14. The summed E-state index contributed by atoms with van der Waals surface area (Å²) in [5.41, 5.74) is 1.89. The Morgan fingerprint density at radius 3 is 2.46 bits per heavy atom. The van der Waals surface area contributed by atoms with Crippen LogP contribution in [-0.2, 0) is 17.9 Å². The Labute approximate surface area is 167 Å². The second-order valence-electron chi connectivity index (χ2n) is 6.66. The number of para-hydroxylation sites is 1. The molecule has 7 heteroatoms. The van der Waals surface area contributed by atoms with Crippen LogP contribution in [0.4, 0.5) is 0 Å². The van der Waals surface area contributed by atoms with Crippen LogP contribution in [0.3, 0.4) is 0 Å². The Balaban J connectivity index is 0.00000312. The number of carbonyl (C=O) groups is 1. The van der Waals surface area contributed by atoms with Crippen LogP contribution in [-0.4, -0.2) is 23.0 Å². The average Bonchev–Trinajstić information content (AvgIpc) is 2.53. The second kappa shape index (κ2) is 11.7. The van der Waals surface area contributed by atoms with Crippen LogP contribution in [0, 0.1) is 0 Å². The third-order valence-electron chi connectivity index (χ3n) is 3.21. The van der Waals surface area contributed by atoms with Crippen LogP contribution in [0.1, 0.15) is 31.9 Å². The average molecular weight is 400 g/mol. The van der Waals surface area contributed by atoms with Crippen LogP contribution in [0.15, 0.2) is 48.8 Å². The smallest absolute Gasteiger partial charge is 0.258 e. The predicted octanol–water partition coefficient (Wildman–Crippen LogP) is 3.51. The van der Waals surface area contributed by atoms with Crippen molar-refractivity contribution in [2.45, 2.75) is 39.4 Å². The van der Waals surface area contributed by atoms with Gasteiger partial charge in [0.1, 0.15) is 5.75 Å². The van der Waals surface area contributed by atoms with Gasteiger partial charge in [-0.05, 0) is 38.5 Å². The highest BCUT2D eigenvalue weighted by Crippen LogP contribution is 2.17. The topological polar surface area (TPSA) is 63.2 Å². The third-order valence-corrected chi connectivity index (χ3v) is 3.21. The summed E-state index contributed by atoms with van der Waals surface area (Å²) >= 11 is 0. The first-order chi connectivity index (χ1) is 11.4. The fourth-order valence-electron chi connectivity index (χ4n) is 2.23. The number of nitrogens with one attached hydrogen (secondary N) is 2. The molecule has 0 aliphatic carbocycles. The van der Waals surface area contributed by atoms with E-state index < -0.39 is 0 Å². The summed E-state index contributed by atoms with van der Waals surface area (Å²) in [5, 5.41) is 6.25. The van der Waals surface area contributed by atoms with E-state index in [1.54, 1.807) is 6.20 Å². The van der Waals surface area contributed by atoms with Gasteiger partial charge < -0.3 is 15.4 Å². The van der Waals surface area contributed by atoms with Crippen molar-refractivity contribution in [2.24, 2.45) is 0 Å². The zero-order valence-corrected chi connectivity index (χ0v) is 17.0. The number of amides is 1. The molecule has 0 saturated carbocycles. The molecule has 0 saturated heterocycles. The van der Waals surface area contributed by atoms with Gasteiger partial charge in [-0.25, -0.2) is 0 Å². The minimum absolute atomic E-state index is 0. The molecule has 1 heterocycles. The number of pyridine rings is 1. The molecule has 0 atom stereocenters. The molecule has 1 aromatic carbocycles. The van der Waals surface area contributed by atoms with Crippen molar-refractivity contribution in [3.8, 4) is 5.75 Å². The molecule has 0 aliphatic rings. The summed E-state index contributed by atoms with van der Waals surface area (Å²) in [5.74, 6) is 0.598. The normalized spacial score (nSPS) is 10.3. The van der Waals surface area contributed by atoms with Gasteiger partial charge in [-0.1, -0.05) is 24.3 Å². The lowest BCUT2D eigenvalue weighted by Crippen LogP contribution is -2.43. The third kappa shape index (κ3) is 9.04. The molecular formula is C19H27Cl2N3O2. The van der Waals surface area contributed by atoms with E-state index in [1.165, 1.54) is 0 Å². The minimum Gasteiger partial charge on any atom is -0.483 e. The van der Waals surface area contributed by atoms with Crippen LogP contribution in [0.5, 0.6) is 5.75 Å². The molecule has 1 amide bonds. The Morgan fingerprint density at radius 2 is 1.81 bits per heavy atom. The van der Waals surface area contributed by atoms with Crippen molar-refractivity contribution < 1.29 is 9.53 Å². The van der Waals surface area contributed by atoms with Crippen LogP contribution in [0.25, 0.3) is 0 Å². The van der Waals surface area contributed by atoms with E-state index in [9.17, 15) is 4.79 Å². The zero-order chi connectivity index (χ0) is 17.4. The molecule has 2 aromatic rings. The number of nitrogens with zero attached hydrogens (tertiary/aromatic N) is 1. The standard InChI is InChI=1S/C19H25N3O2.2ClH/c1-19(2,3)22-18(23)14-24-17-9-5-4-8-16(17)13-21-12-15-7-6-10-20-11-15;;/h4-11,21H,12-14H2,1-3H3,(H,22,23);2*1H. The Hall–Kier alpha value is -1.82. The molecule has 0 unspecified atom stereocenters. The summed E-state index contributed by atoms with van der Waals surface area (Å²) in [7, 11) is 0. The van der Waals surface area contributed by atoms with Crippen molar-refractivity contribution in [3.63, 3.8) is 0 Å². The van der Waals surface area contributed by atoms with E-state index >= 15 is 0 Å². The molecule has 0 bridgehead atoms. The van der Waals surface area contributed by atoms with Gasteiger partial charge in [0.05, 0.1) is 0 Å². The van der Waals surface area contributed by atoms with Gasteiger partial charge in [-0.15, -0.1) is 24.8 Å². The number of hydrogen-bond donors (Lipinski definition) is 2. The van der Waals surface area contributed by atoms with Gasteiger partial charge in [-0.3, -0.25) is 9.78 Å². The quantitative estimate of drug-likeness (QED) is 0.747. The molecule has 144 valence electrons. The van der Waals surface area contributed by atoms with E-state index in [4.69, 9.17) is 4.74 Å². The maximum Gasteiger partial charge on any atom is 0.258 e. The molecule has 2 N–H and O–H groups in total. The highest BCUT2D eigenvalue weighted by atomic mass is 35.5. The summed E-state index contributed by atoms with van der Waals surface area (Å²) in [4.78, 5) is 16.0. The SMILES string of the molecule is CC(C)(C)NC(=O)COc1ccccc1CNCc1cccnc1.Cl.Cl. The van der Waals surface area contributed by atoms with Gasteiger partial charge in [0, 0.05) is 36.6 Å². The number of halogens is 2. The van der Waals surface area contributed by atoms with Gasteiger partial charge >= 0.3 is 0 Å². The fourth-order valence-corrected chi connectivity index (χ4v) is 2.23. The number of rotatable bonds is 7. The summed E-state index contributed by atoms with van der Waals surface area (Å²) in [6, 6.07) is 11.7. The summed E-state index contributed by atoms with van der Waals surface area (Å²) < 4.78 is 5.68. The van der Waals surface area contributed by atoms with Gasteiger partial charge in [0.25, 0.3) is 5.91 Å². The first-order valence-corrected chi connectivity index (χ1v) is 8.05. The van der Waals surface area contributed by atoms with Crippen molar-refractivity contribution in [3.05, 3.63) is 59.9 Å². The summed E-state index contributed by atoms with van der Waals surface area (Å²) in [6.07, 6.45) is 3.60. The number of carbonyl (C=O) groups excluding carboxylic acids is 1. The van der Waals surface area contributed by atoms with E-state index in [-0.39, 0.29) is 42.9 Å². The molecule has 0 spiro atoms. The Bertz CT molecular complexity index is 661. The van der Waals surface area contributed by atoms with Gasteiger partial charge in [-0.2, -0.15) is 0 Å². The van der Waals surface area contributed by atoms with E-state index in [0.29, 0.717) is 6.54 Å². The zero-order valence-electron chi connectivity index (χ0n) is 15.3. The van der Waals surface area contributed by atoms with Crippen LogP contribution < -0.4 is 15.4 Å². The lowest BCUT2D eigenvalue weighted by atomic mass is 10.1. The lowest BCUT2D eigenvalue weighted by Gasteiger charge is -2.20. The lowest BCUT2D eigenvalue weighted by molar-refractivity contribution is -0.124. The van der Waals surface area contributed by atoms with Gasteiger partial charge in [0.15, 0.2) is 6.61 Å². The monoisotopic (exact) mass is 399 g/mol. The first-order valence-electron chi connectivity index (χ1n) is 8.05. The van der Waals surface area contributed by atoms with Crippen molar-refractivity contribution in [1.82, 2.24) is 15.6 Å². The van der Waals surface area contributed by atoms with E-state index in [0.717, 1.165) is 23.4 Å². The minimum atomic E-state index is -0.259. The molecule has 0 fully saturated rings. The maximum atomic E-state index is 11.9. The number of benzene rings is 1. The molecule has 26 heavy (non-hydrogen) atoms. The highest BCUT2D eigenvalue weighted by molar-refractivity contribution is 5.85. The van der Waals surface area contributed by atoms with E-state index in [2.05, 4.69) is 15.6 Å². The predicted molar refractivity (Wildman–Crippen MR) is 109 cm³/mol. The van der Waals surface area contributed by atoms with Crippen LogP contribution >= 0.6 is 24.8 Å². The molecular weight excluding hydrogens is 373 g/mol. The second-order valence-corrected chi connectivity index (χ2v) is 6.66. The number of hydrogen-bond acceptors (Lipinski definition) is 4. The van der Waals surface area contributed by atoms with Crippen molar-refractivity contribution >= 4 is 30.7 Å². The number of ether oxygens (including phenoxy) is 1. The van der Waals surface area contributed by atoms with Crippen molar-refractivity contribution in [1.29, 1.82) is 0 Å². The Morgan fingerprint density at radius 1 is 1.08 bits per heavy atom. The molecule has 2 rings (SSSR count). The van der Waals surface area contributed by atoms with Crippen molar-refractivity contribution in [2.75, 3.05) is 6.61 Å². The number of aromatic nitrogens is 1. The molecule has 5 nitrogen and oxygen atoms in total. The molecule has 1 aromatic heterocycles. The van der Waals surface area contributed by atoms with Crippen LogP contribution in [0.2, 0.25) is 0 Å². The maximum absolute atomic E-state index is 11.9. The van der Waals surface area contributed by atoms with E-state index in [1.807, 2.05) is 63.4 Å². The fraction of sp³-hybridized carbons (Fsp3) is 0.368. The summed E-state index contributed by atoms with van der Waals surface area (Å²) in [6.45, 7) is 7.24. The largest absolute Gasteiger partial charge is 0.483 e. The molecule has 0 radical (unpaired) electrons. The molecule has 0 aliphatic heterocycles. The first kappa shape index (κ1) is 24.2. The van der Waals surface area contributed by atoms with Gasteiger partial charge in [0.2, 0.25) is 0 Å².